The van der Waals surface area contributed by atoms with Crippen LogP contribution < -0.4 is 10.1 Å². The highest BCUT2D eigenvalue weighted by molar-refractivity contribution is 6.34. The highest BCUT2D eigenvalue weighted by Gasteiger charge is 2.22. The maximum Gasteiger partial charge on any atom is 0.147 e. The van der Waals surface area contributed by atoms with Gasteiger partial charge >= 0.3 is 0 Å². The molecule has 3 rings (SSSR count). The summed E-state index contributed by atoms with van der Waals surface area (Å²) < 4.78 is 19.8. The van der Waals surface area contributed by atoms with E-state index >= 15 is 0 Å². The Morgan fingerprint density at radius 2 is 1.95 bits per heavy atom. The van der Waals surface area contributed by atoms with Crippen LogP contribution in [-0.2, 0) is 6.54 Å². The Hall–Kier alpha value is -1.29. The van der Waals surface area contributed by atoms with E-state index in [0.717, 1.165) is 12.8 Å². The summed E-state index contributed by atoms with van der Waals surface area (Å²) in [5.41, 5.74) is 0.500. The lowest BCUT2D eigenvalue weighted by Gasteiger charge is -2.13. The van der Waals surface area contributed by atoms with E-state index in [1.54, 1.807) is 30.3 Å². The Morgan fingerprint density at radius 3 is 2.71 bits per heavy atom. The molecule has 0 unspecified atom stereocenters. The molecule has 0 atom stereocenters. The molecule has 1 N–H and O–H groups in total. The molecule has 1 fully saturated rings. The molecular weight excluding hydrogens is 312 g/mol. The monoisotopic (exact) mass is 325 g/mol. The highest BCUT2D eigenvalue weighted by Crippen LogP contribution is 2.34. The van der Waals surface area contributed by atoms with E-state index in [1.807, 2.05) is 0 Å². The van der Waals surface area contributed by atoms with E-state index in [9.17, 15) is 4.39 Å². The third-order valence-corrected chi connectivity index (χ3v) is 3.88. The topological polar surface area (TPSA) is 21.3 Å². The third kappa shape index (κ3) is 3.67. The molecule has 5 heteroatoms. The summed E-state index contributed by atoms with van der Waals surface area (Å²) in [5.74, 6) is 0.577. The molecule has 2 aromatic carbocycles. The van der Waals surface area contributed by atoms with Crippen molar-refractivity contribution in [2.24, 2.45) is 0 Å². The minimum atomic E-state index is -0.293. The van der Waals surface area contributed by atoms with Gasteiger partial charge in [-0.3, -0.25) is 0 Å². The Kier molecular flexibility index (Phi) is 4.34. The predicted octanol–water partition coefficient (Wildman–Crippen LogP) is 5.18. The molecule has 0 amide bonds. The van der Waals surface area contributed by atoms with Gasteiger partial charge in [0.25, 0.3) is 0 Å². The maximum absolute atomic E-state index is 14.0. The van der Waals surface area contributed by atoms with Crippen molar-refractivity contribution in [3.8, 4) is 11.5 Å². The van der Waals surface area contributed by atoms with E-state index in [0.29, 0.717) is 39.7 Å². The Bertz CT molecular complexity index is 659. The van der Waals surface area contributed by atoms with Crippen LogP contribution in [0.2, 0.25) is 10.0 Å². The van der Waals surface area contributed by atoms with Crippen molar-refractivity contribution in [1.29, 1.82) is 0 Å². The zero-order valence-corrected chi connectivity index (χ0v) is 12.7. The summed E-state index contributed by atoms with van der Waals surface area (Å²) in [6.07, 6.45) is 2.29. The summed E-state index contributed by atoms with van der Waals surface area (Å²) >= 11 is 12.0. The van der Waals surface area contributed by atoms with Crippen LogP contribution in [0.4, 0.5) is 4.39 Å². The zero-order valence-electron chi connectivity index (χ0n) is 11.2. The van der Waals surface area contributed by atoms with Crippen LogP contribution in [0.1, 0.15) is 18.4 Å². The second-order valence-corrected chi connectivity index (χ2v) is 5.89. The summed E-state index contributed by atoms with van der Waals surface area (Å²) in [6, 6.07) is 10.2. The highest BCUT2D eigenvalue weighted by atomic mass is 35.5. The number of benzene rings is 2. The minimum absolute atomic E-state index is 0.293. The lowest BCUT2D eigenvalue weighted by atomic mass is 10.2. The van der Waals surface area contributed by atoms with Gasteiger partial charge in [0.05, 0.1) is 5.02 Å². The first kappa shape index (κ1) is 14.6. The average molecular weight is 326 g/mol. The molecule has 2 nitrogen and oxygen atoms in total. The fourth-order valence-corrected chi connectivity index (χ4v) is 2.33. The van der Waals surface area contributed by atoms with Crippen LogP contribution in [0.15, 0.2) is 36.4 Å². The molecule has 0 aromatic heterocycles. The summed E-state index contributed by atoms with van der Waals surface area (Å²) in [7, 11) is 0. The quantitative estimate of drug-likeness (QED) is 0.818. The van der Waals surface area contributed by atoms with E-state index < -0.39 is 0 Å². The average Bonchev–Trinajstić information content (AvgIpc) is 3.26. The first-order valence-corrected chi connectivity index (χ1v) is 7.53. The molecule has 0 radical (unpaired) electrons. The van der Waals surface area contributed by atoms with Crippen LogP contribution in [0.25, 0.3) is 0 Å². The van der Waals surface area contributed by atoms with Gasteiger partial charge in [-0.1, -0.05) is 29.3 Å². The molecule has 21 heavy (non-hydrogen) atoms. The molecule has 0 bridgehead atoms. The maximum atomic E-state index is 14.0. The first-order chi connectivity index (χ1) is 10.1. The zero-order chi connectivity index (χ0) is 14.8. The lowest BCUT2D eigenvalue weighted by molar-refractivity contribution is 0.462. The molecular formula is C16H14Cl2FNO. The molecule has 2 aromatic rings. The number of hydrogen-bond donors (Lipinski definition) is 1. The number of rotatable bonds is 5. The van der Waals surface area contributed by atoms with Crippen molar-refractivity contribution in [2.75, 3.05) is 0 Å². The van der Waals surface area contributed by atoms with Gasteiger partial charge in [0, 0.05) is 29.2 Å². The largest absolute Gasteiger partial charge is 0.455 e. The van der Waals surface area contributed by atoms with E-state index in [-0.39, 0.29) is 5.82 Å². The molecule has 0 saturated heterocycles. The second-order valence-electron chi connectivity index (χ2n) is 5.05. The molecule has 0 heterocycles. The van der Waals surface area contributed by atoms with Crippen LogP contribution in [-0.4, -0.2) is 6.04 Å². The minimum Gasteiger partial charge on any atom is -0.455 e. The van der Waals surface area contributed by atoms with Crippen molar-refractivity contribution in [3.63, 3.8) is 0 Å². The third-order valence-electron chi connectivity index (χ3n) is 3.33. The van der Waals surface area contributed by atoms with Crippen molar-refractivity contribution in [3.05, 3.63) is 57.8 Å². The summed E-state index contributed by atoms with van der Waals surface area (Å²) in [6.45, 7) is 0.435. The Labute approximate surface area is 132 Å². The van der Waals surface area contributed by atoms with Gasteiger partial charge in [-0.2, -0.15) is 0 Å². The molecule has 1 aliphatic carbocycles. The van der Waals surface area contributed by atoms with Gasteiger partial charge in [0.15, 0.2) is 0 Å². The normalized spacial score (nSPS) is 14.2. The van der Waals surface area contributed by atoms with E-state index in [1.165, 1.54) is 6.07 Å². The SMILES string of the molecule is Fc1cccc(Oc2cc(Cl)ccc2Cl)c1CNC1CC1. The van der Waals surface area contributed by atoms with Gasteiger partial charge in [-0.05, 0) is 37.1 Å². The van der Waals surface area contributed by atoms with Gasteiger partial charge in [-0.25, -0.2) is 4.39 Å². The molecule has 1 aliphatic rings. The van der Waals surface area contributed by atoms with E-state index in [2.05, 4.69) is 5.32 Å². The smallest absolute Gasteiger partial charge is 0.147 e. The Morgan fingerprint density at radius 1 is 1.14 bits per heavy atom. The summed E-state index contributed by atoms with van der Waals surface area (Å²) in [4.78, 5) is 0. The van der Waals surface area contributed by atoms with Crippen LogP contribution in [0.5, 0.6) is 11.5 Å². The molecule has 0 aliphatic heterocycles. The van der Waals surface area contributed by atoms with Crippen LogP contribution >= 0.6 is 23.2 Å². The van der Waals surface area contributed by atoms with Gasteiger partial charge in [-0.15, -0.1) is 0 Å². The number of nitrogens with one attached hydrogen (secondary N) is 1. The van der Waals surface area contributed by atoms with Crippen molar-refractivity contribution in [1.82, 2.24) is 5.32 Å². The van der Waals surface area contributed by atoms with Crippen LogP contribution in [0, 0.1) is 5.82 Å². The molecule has 1 saturated carbocycles. The fraction of sp³-hybridized carbons (Fsp3) is 0.250. The van der Waals surface area contributed by atoms with Gasteiger partial charge in [0.2, 0.25) is 0 Å². The second kappa shape index (κ2) is 6.22. The first-order valence-electron chi connectivity index (χ1n) is 6.77. The Balaban J connectivity index is 1.86. The van der Waals surface area contributed by atoms with Gasteiger partial charge in [0.1, 0.15) is 17.3 Å². The van der Waals surface area contributed by atoms with Gasteiger partial charge < -0.3 is 10.1 Å². The van der Waals surface area contributed by atoms with E-state index in [4.69, 9.17) is 27.9 Å². The standard InChI is InChI=1S/C16H14Cl2FNO/c17-10-4-7-13(18)16(8-10)21-15-3-1-2-14(19)12(15)9-20-11-5-6-11/h1-4,7-8,11,20H,5-6,9H2. The summed E-state index contributed by atoms with van der Waals surface area (Å²) in [5, 5.41) is 4.24. The number of ether oxygens (including phenoxy) is 1. The molecule has 110 valence electrons. The number of hydrogen-bond acceptors (Lipinski definition) is 2. The van der Waals surface area contributed by atoms with Crippen molar-refractivity contribution < 1.29 is 9.13 Å². The fourth-order valence-electron chi connectivity index (χ4n) is 2.01. The lowest BCUT2D eigenvalue weighted by Crippen LogP contribution is -2.16. The molecule has 0 spiro atoms. The predicted molar refractivity (Wildman–Crippen MR) is 82.8 cm³/mol. The van der Waals surface area contributed by atoms with Crippen molar-refractivity contribution in [2.45, 2.75) is 25.4 Å². The van der Waals surface area contributed by atoms with Crippen molar-refractivity contribution >= 4 is 23.2 Å². The number of halogens is 3. The van der Waals surface area contributed by atoms with Crippen LogP contribution in [0.3, 0.4) is 0 Å².